The Morgan fingerprint density at radius 3 is 2.63 bits per heavy atom. The number of carbonyl (C=O) groups excluding carboxylic acids is 2. The van der Waals surface area contributed by atoms with E-state index in [1.165, 1.54) is 0 Å². The van der Waals surface area contributed by atoms with E-state index >= 15 is 0 Å². The number of carbonyl (C=O) groups is 2. The first kappa shape index (κ1) is 20.9. The van der Waals surface area contributed by atoms with Crippen LogP contribution in [0.25, 0.3) is 0 Å². The Hall–Kier alpha value is -2.43. The maximum atomic E-state index is 12.7. The molecule has 0 spiro atoms. The highest BCUT2D eigenvalue weighted by molar-refractivity contribution is 5.84. The van der Waals surface area contributed by atoms with Crippen LogP contribution < -0.4 is 10.9 Å². The zero-order valence-corrected chi connectivity index (χ0v) is 14.7. The number of alkyl halides is 3. The van der Waals surface area contributed by atoms with E-state index in [0.717, 1.165) is 25.5 Å². The number of hydrogen-bond donors (Lipinski definition) is 3. The fourth-order valence-corrected chi connectivity index (χ4v) is 3.30. The van der Waals surface area contributed by atoms with Gasteiger partial charge in [-0.05, 0) is 30.7 Å². The van der Waals surface area contributed by atoms with Crippen LogP contribution in [-0.4, -0.2) is 38.6 Å². The Labute approximate surface area is 154 Å². The molecule has 1 aromatic heterocycles. The van der Waals surface area contributed by atoms with Crippen molar-refractivity contribution in [3.05, 3.63) is 18.0 Å². The van der Waals surface area contributed by atoms with Gasteiger partial charge in [0, 0.05) is 6.20 Å². The van der Waals surface area contributed by atoms with Crippen LogP contribution in [0.2, 0.25) is 0 Å². The number of hydrazine groups is 1. The van der Waals surface area contributed by atoms with Crippen molar-refractivity contribution in [1.29, 1.82) is 0 Å². The number of hydrogen-bond acceptors (Lipinski definition) is 6. The summed E-state index contributed by atoms with van der Waals surface area (Å²) in [6, 6.07) is -0.456. The van der Waals surface area contributed by atoms with Gasteiger partial charge in [-0.3, -0.25) is 25.6 Å². The van der Waals surface area contributed by atoms with Gasteiger partial charge in [-0.1, -0.05) is 26.2 Å². The van der Waals surface area contributed by atoms with E-state index in [1.807, 2.05) is 0 Å². The normalized spacial score (nSPS) is 21.2. The van der Waals surface area contributed by atoms with Gasteiger partial charge in [-0.2, -0.15) is 13.2 Å². The number of amides is 2. The summed E-state index contributed by atoms with van der Waals surface area (Å²) in [6.45, 7) is 2.08. The van der Waals surface area contributed by atoms with Gasteiger partial charge < -0.3 is 0 Å². The van der Waals surface area contributed by atoms with Crippen molar-refractivity contribution in [3.63, 3.8) is 0 Å². The van der Waals surface area contributed by atoms with E-state index in [-0.39, 0.29) is 12.3 Å². The predicted molar refractivity (Wildman–Crippen MR) is 88.0 cm³/mol. The Kier molecular flexibility index (Phi) is 6.94. The molecule has 2 rings (SSSR count). The molecule has 1 aliphatic carbocycles. The zero-order valence-electron chi connectivity index (χ0n) is 14.7. The monoisotopic (exact) mass is 389 g/mol. The van der Waals surface area contributed by atoms with E-state index < -0.39 is 29.8 Å². The average molecular weight is 389 g/mol. The van der Waals surface area contributed by atoms with Crippen LogP contribution in [0, 0.1) is 11.8 Å². The number of aromatic nitrogens is 2. The highest BCUT2D eigenvalue weighted by Gasteiger charge is 2.36. The summed E-state index contributed by atoms with van der Waals surface area (Å²) in [5.74, 6) is -0.926. The van der Waals surface area contributed by atoms with E-state index in [2.05, 4.69) is 27.7 Å². The molecule has 1 unspecified atom stereocenters. The van der Waals surface area contributed by atoms with Crippen LogP contribution in [0.4, 0.5) is 19.1 Å². The summed E-state index contributed by atoms with van der Waals surface area (Å²) >= 11 is 0. The van der Waals surface area contributed by atoms with Gasteiger partial charge in [0.15, 0.2) is 0 Å². The van der Waals surface area contributed by atoms with Crippen LogP contribution in [0.15, 0.2) is 12.3 Å². The second-order valence-corrected chi connectivity index (χ2v) is 6.50. The van der Waals surface area contributed by atoms with Crippen LogP contribution >= 0.6 is 0 Å². The molecule has 27 heavy (non-hydrogen) atoms. The molecule has 11 heteroatoms. The number of hydroxylamine groups is 2. The van der Waals surface area contributed by atoms with E-state index in [4.69, 9.17) is 0 Å². The van der Waals surface area contributed by atoms with Crippen molar-refractivity contribution < 1.29 is 28.0 Å². The van der Waals surface area contributed by atoms with Gasteiger partial charge in [0.25, 0.3) is 5.91 Å². The quantitative estimate of drug-likeness (QED) is 0.375. The Morgan fingerprint density at radius 1 is 1.41 bits per heavy atom. The lowest BCUT2D eigenvalue weighted by Gasteiger charge is -2.34. The first-order valence-electron chi connectivity index (χ1n) is 8.64. The first-order valence-corrected chi connectivity index (χ1v) is 8.64. The Morgan fingerprint density at radius 2 is 2.07 bits per heavy atom. The van der Waals surface area contributed by atoms with Crippen molar-refractivity contribution in [2.75, 3.05) is 5.43 Å². The van der Waals surface area contributed by atoms with Crippen molar-refractivity contribution >= 4 is 18.3 Å². The SMILES string of the molecule is CC[C@H]1CC[C@@H](C(C(=O)NNc2nccc(C(F)(F)F)n2)N(O)C=O)CC1. The smallest absolute Gasteiger partial charge is 0.285 e. The number of rotatable bonds is 7. The second kappa shape index (κ2) is 8.98. The molecule has 1 aliphatic rings. The Balaban J connectivity index is 2.03. The predicted octanol–water partition coefficient (Wildman–Crippen LogP) is 2.37. The summed E-state index contributed by atoms with van der Waals surface area (Å²) < 4.78 is 38.0. The van der Waals surface area contributed by atoms with Gasteiger partial charge in [-0.15, -0.1) is 0 Å². The van der Waals surface area contributed by atoms with Gasteiger partial charge in [0.1, 0.15) is 11.7 Å². The van der Waals surface area contributed by atoms with Crippen molar-refractivity contribution in [2.24, 2.45) is 11.8 Å². The third kappa shape index (κ3) is 5.52. The molecule has 1 atom stereocenters. The number of nitrogens with zero attached hydrogens (tertiary/aromatic N) is 3. The topological polar surface area (TPSA) is 107 Å². The standard InChI is InChI=1S/C16H22F3N5O3/c1-2-10-3-5-11(6-4-10)13(24(27)9-25)14(26)22-23-15-20-8-7-12(21-15)16(17,18)19/h7-11,13,27H,2-6H2,1H3,(H,22,26)(H,20,21,23)/t10-,11+,13?. The van der Waals surface area contributed by atoms with E-state index in [0.29, 0.717) is 29.9 Å². The fraction of sp³-hybridized carbons (Fsp3) is 0.625. The lowest BCUT2D eigenvalue weighted by Crippen LogP contribution is -2.51. The van der Waals surface area contributed by atoms with Crippen LogP contribution in [0.5, 0.6) is 0 Å². The minimum absolute atomic E-state index is 0.136. The molecule has 0 bridgehead atoms. The van der Waals surface area contributed by atoms with E-state index in [1.54, 1.807) is 0 Å². The lowest BCUT2D eigenvalue weighted by atomic mass is 9.77. The first-order chi connectivity index (χ1) is 12.8. The number of nitrogens with one attached hydrogen (secondary N) is 2. The van der Waals surface area contributed by atoms with Crippen LogP contribution in [0.1, 0.15) is 44.7 Å². The van der Waals surface area contributed by atoms with Gasteiger partial charge >= 0.3 is 6.18 Å². The molecule has 1 heterocycles. The zero-order chi connectivity index (χ0) is 20.0. The molecular formula is C16H22F3N5O3. The average Bonchev–Trinajstić information content (AvgIpc) is 2.66. The molecule has 0 saturated heterocycles. The number of halogens is 3. The molecule has 2 amide bonds. The number of anilines is 1. The second-order valence-electron chi connectivity index (χ2n) is 6.50. The lowest BCUT2D eigenvalue weighted by molar-refractivity contribution is -0.173. The summed E-state index contributed by atoms with van der Waals surface area (Å²) in [4.78, 5) is 30.3. The molecule has 0 aliphatic heterocycles. The highest BCUT2D eigenvalue weighted by Crippen LogP contribution is 2.33. The van der Waals surface area contributed by atoms with Crippen molar-refractivity contribution in [1.82, 2.24) is 20.5 Å². The summed E-state index contributed by atoms with van der Waals surface area (Å²) in [7, 11) is 0. The molecule has 150 valence electrons. The molecular weight excluding hydrogens is 367 g/mol. The molecule has 1 fully saturated rings. The van der Waals surface area contributed by atoms with Gasteiger partial charge in [0.05, 0.1) is 0 Å². The molecule has 1 aromatic rings. The Bertz CT molecular complexity index is 650. The maximum Gasteiger partial charge on any atom is 0.433 e. The third-order valence-electron chi connectivity index (χ3n) is 4.82. The molecule has 0 aromatic carbocycles. The van der Waals surface area contributed by atoms with Crippen LogP contribution in [-0.2, 0) is 15.8 Å². The van der Waals surface area contributed by atoms with Gasteiger partial charge in [0.2, 0.25) is 12.4 Å². The van der Waals surface area contributed by atoms with Crippen molar-refractivity contribution in [3.8, 4) is 0 Å². The molecule has 0 radical (unpaired) electrons. The highest BCUT2D eigenvalue weighted by atomic mass is 19.4. The largest absolute Gasteiger partial charge is 0.433 e. The van der Waals surface area contributed by atoms with Gasteiger partial charge in [-0.25, -0.2) is 15.0 Å². The molecule has 8 nitrogen and oxygen atoms in total. The summed E-state index contributed by atoms with van der Waals surface area (Å²) in [5, 5.41) is 10.1. The fourth-order valence-electron chi connectivity index (χ4n) is 3.30. The summed E-state index contributed by atoms with van der Waals surface area (Å²) in [5.41, 5.74) is 3.21. The molecule has 1 saturated carbocycles. The van der Waals surface area contributed by atoms with E-state index in [9.17, 15) is 28.0 Å². The summed E-state index contributed by atoms with van der Waals surface area (Å²) in [6.07, 6.45) is 0.471. The minimum atomic E-state index is -4.65. The maximum absolute atomic E-state index is 12.7. The van der Waals surface area contributed by atoms with Crippen molar-refractivity contribution in [2.45, 2.75) is 51.2 Å². The van der Waals surface area contributed by atoms with Crippen LogP contribution in [0.3, 0.4) is 0 Å². The third-order valence-corrected chi connectivity index (χ3v) is 4.82. The molecule has 3 N–H and O–H groups in total. The minimum Gasteiger partial charge on any atom is -0.285 e.